The molecule has 0 bridgehead atoms. The van der Waals surface area contributed by atoms with Crippen LogP contribution in [0, 0.1) is 5.92 Å². The average molecular weight is 301 g/mol. The van der Waals surface area contributed by atoms with E-state index in [9.17, 15) is 0 Å². The average Bonchev–Trinajstić information content (AvgIpc) is 2.74. The normalized spacial score (nSPS) is 13.2. The Kier molecular flexibility index (Phi) is 8.03. The lowest BCUT2D eigenvalue weighted by Gasteiger charge is -2.05. The highest BCUT2D eigenvalue weighted by molar-refractivity contribution is 7.99. The number of rotatable bonds is 9. The van der Waals surface area contributed by atoms with Gasteiger partial charge in [-0.2, -0.15) is 11.8 Å². The topological polar surface area (TPSA) is 24.9 Å². The zero-order valence-electron chi connectivity index (χ0n) is 13.0. The van der Waals surface area contributed by atoms with Gasteiger partial charge in [0, 0.05) is 22.4 Å². The maximum absolute atomic E-state index is 4.87. The number of nitrogens with zero attached hydrogens (tertiary/aromatic N) is 1. The first kappa shape index (κ1) is 17.0. The fourth-order valence-corrected chi connectivity index (χ4v) is 3.78. The van der Waals surface area contributed by atoms with Gasteiger partial charge in [0.2, 0.25) is 0 Å². The summed E-state index contributed by atoms with van der Waals surface area (Å²) in [5.41, 5.74) is 1.32. The molecule has 0 saturated carbocycles. The second-order valence-corrected chi connectivity index (χ2v) is 7.98. The van der Waals surface area contributed by atoms with E-state index in [1.807, 2.05) is 23.1 Å². The molecule has 1 rings (SSSR count). The molecule has 0 spiro atoms. The molecule has 19 heavy (non-hydrogen) atoms. The predicted molar refractivity (Wildman–Crippen MR) is 89.1 cm³/mol. The number of thioether (sulfide) groups is 1. The third kappa shape index (κ3) is 6.28. The second kappa shape index (κ2) is 8.98. The van der Waals surface area contributed by atoms with E-state index in [-0.39, 0.29) is 0 Å². The number of thiazole rings is 1. The molecule has 0 aliphatic heterocycles. The van der Waals surface area contributed by atoms with Crippen LogP contribution >= 0.6 is 23.1 Å². The van der Waals surface area contributed by atoms with Crippen LogP contribution in [0.3, 0.4) is 0 Å². The maximum Gasteiger partial charge on any atom is 0.103 e. The molecule has 0 aliphatic rings. The highest BCUT2D eigenvalue weighted by Gasteiger charge is 2.13. The molecule has 0 fully saturated rings. The summed E-state index contributed by atoms with van der Waals surface area (Å²) in [6.45, 7) is 13.2. The van der Waals surface area contributed by atoms with Gasteiger partial charge in [0.15, 0.2) is 0 Å². The highest BCUT2D eigenvalue weighted by atomic mass is 32.2. The highest BCUT2D eigenvalue weighted by Crippen LogP contribution is 2.26. The lowest BCUT2D eigenvalue weighted by atomic mass is 10.1. The molecule has 0 aromatic carbocycles. The molecule has 1 heterocycles. The third-order valence-electron chi connectivity index (χ3n) is 3.03. The van der Waals surface area contributed by atoms with E-state index >= 15 is 0 Å². The second-order valence-electron chi connectivity index (χ2n) is 5.39. The van der Waals surface area contributed by atoms with Crippen LogP contribution in [-0.4, -0.2) is 16.8 Å². The van der Waals surface area contributed by atoms with Gasteiger partial charge in [0.1, 0.15) is 5.01 Å². The van der Waals surface area contributed by atoms with Crippen molar-refractivity contribution in [2.75, 3.05) is 6.54 Å². The Balaban J connectivity index is 2.68. The van der Waals surface area contributed by atoms with Gasteiger partial charge < -0.3 is 5.32 Å². The largest absolute Gasteiger partial charge is 0.312 e. The lowest BCUT2D eigenvalue weighted by molar-refractivity contribution is 0.626. The molecule has 0 saturated heterocycles. The molecule has 1 atom stereocenters. The maximum atomic E-state index is 4.87. The van der Waals surface area contributed by atoms with Gasteiger partial charge in [-0.25, -0.2) is 4.98 Å². The van der Waals surface area contributed by atoms with Crippen molar-refractivity contribution in [2.24, 2.45) is 5.92 Å². The smallest absolute Gasteiger partial charge is 0.103 e. The predicted octanol–water partition coefficient (Wildman–Crippen LogP) is 4.48. The molecular weight excluding hydrogens is 272 g/mol. The molecule has 110 valence electrons. The Bertz CT molecular complexity index is 361. The Morgan fingerprint density at radius 1 is 1.26 bits per heavy atom. The number of hydrogen-bond donors (Lipinski definition) is 1. The van der Waals surface area contributed by atoms with Gasteiger partial charge in [0.05, 0.1) is 5.69 Å². The Morgan fingerprint density at radius 3 is 2.58 bits per heavy atom. The summed E-state index contributed by atoms with van der Waals surface area (Å²) < 4.78 is 0. The van der Waals surface area contributed by atoms with Crippen molar-refractivity contribution < 1.29 is 0 Å². The zero-order valence-corrected chi connectivity index (χ0v) is 14.6. The van der Waals surface area contributed by atoms with Crippen LogP contribution in [0.1, 0.15) is 56.6 Å². The van der Waals surface area contributed by atoms with Crippen LogP contribution in [0.5, 0.6) is 0 Å². The minimum absolute atomic E-state index is 0.678. The van der Waals surface area contributed by atoms with Crippen molar-refractivity contribution in [1.29, 1.82) is 0 Å². The molecule has 1 aromatic rings. The van der Waals surface area contributed by atoms with Crippen LogP contribution in [-0.2, 0) is 18.7 Å². The van der Waals surface area contributed by atoms with E-state index in [4.69, 9.17) is 4.98 Å². The first-order valence-corrected chi connectivity index (χ1v) is 9.23. The first-order chi connectivity index (χ1) is 9.06. The van der Waals surface area contributed by atoms with E-state index in [0.29, 0.717) is 5.92 Å². The molecule has 4 heteroatoms. The molecule has 2 nitrogen and oxygen atoms in total. The van der Waals surface area contributed by atoms with Crippen LogP contribution in [0.2, 0.25) is 0 Å². The summed E-state index contributed by atoms with van der Waals surface area (Å²) >= 11 is 3.92. The van der Waals surface area contributed by atoms with Crippen LogP contribution in [0.25, 0.3) is 0 Å². The van der Waals surface area contributed by atoms with Crippen LogP contribution < -0.4 is 5.32 Å². The first-order valence-electron chi connectivity index (χ1n) is 7.36. The Labute approximate surface area is 126 Å². The van der Waals surface area contributed by atoms with Crippen LogP contribution in [0.4, 0.5) is 0 Å². The standard InChI is InChI=1S/C15H28N2S2/c1-6-12(5)18-10-15-17-13(8-11(3)4)14(19-15)9-16-7-2/h11-12,16H,6-10H2,1-5H3. The van der Waals surface area contributed by atoms with E-state index in [0.717, 1.165) is 30.5 Å². The summed E-state index contributed by atoms with van der Waals surface area (Å²) in [6, 6.07) is 0. The van der Waals surface area contributed by atoms with Gasteiger partial charge in [-0.05, 0) is 25.3 Å². The molecule has 0 amide bonds. The number of hydrogen-bond acceptors (Lipinski definition) is 4. The summed E-state index contributed by atoms with van der Waals surface area (Å²) in [5, 5.41) is 5.46. The van der Waals surface area contributed by atoms with Crippen molar-refractivity contribution in [3.63, 3.8) is 0 Å². The summed E-state index contributed by atoms with van der Waals surface area (Å²) in [6.07, 6.45) is 2.34. The Hall–Kier alpha value is -0.0600. The minimum atomic E-state index is 0.678. The monoisotopic (exact) mass is 300 g/mol. The molecular formula is C15H28N2S2. The summed E-state index contributed by atoms with van der Waals surface area (Å²) in [4.78, 5) is 6.31. The quantitative estimate of drug-likeness (QED) is 0.727. The molecule has 1 N–H and O–H groups in total. The van der Waals surface area contributed by atoms with Crippen LogP contribution in [0.15, 0.2) is 0 Å². The third-order valence-corrected chi connectivity index (χ3v) is 5.65. The van der Waals surface area contributed by atoms with Crippen molar-refractivity contribution >= 4 is 23.1 Å². The number of aromatic nitrogens is 1. The van der Waals surface area contributed by atoms with Crippen molar-refractivity contribution in [1.82, 2.24) is 10.3 Å². The van der Waals surface area contributed by atoms with Gasteiger partial charge in [-0.15, -0.1) is 11.3 Å². The van der Waals surface area contributed by atoms with Gasteiger partial charge in [-0.3, -0.25) is 0 Å². The van der Waals surface area contributed by atoms with E-state index in [1.165, 1.54) is 22.0 Å². The van der Waals surface area contributed by atoms with E-state index < -0.39 is 0 Å². The van der Waals surface area contributed by atoms with Gasteiger partial charge >= 0.3 is 0 Å². The fraction of sp³-hybridized carbons (Fsp3) is 0.800. The van der Waals surface area contributed by atoms with Crippen molar-refractivity contribution in [3.8, 4) is 0 Å². The minimum Gasteiger partial charge on any atom is -0.312 e. The molecule has 0 radical (unpaired) electrons. The SMILES string of the molecule is CCNCc1sc(CSC(C)CC)nc1CC(C)C. The van der Waals surface area contributed by atoms with Crippen molar-refractivity contribution in [3.05, 3.63) is 15.6 Å². The molecule has 1 unspecified atom stereocenters. The molecule has 1 aromatic heterocycles. The number of nitrogens with one attached hydrogen (secondary N) is 1. The van der Waals surface area contributed by atoms with Crippen molar-refractivity contribution in [2.45, 2.75) is 65.0 Å². The molecule has 0 aliphatic carbocycles. The summed E-state index contributed by atoms with van der Waals surface area (Å²) in [5.74, 6) is 1.74. The van der Waals surface area contributed by atoms with E-state index in [2.05, 4.69) is 39.9 Å². The lowest BCUT2D eigenvalue weighted by Crippen LogP contribution is -2.12. The summed E-state index contributed by atoms with van der Waals surface area (Å²) in [7, 11) is 0. The fourth-order valence-electron chi connectivity index (χ4n) is 1.75. The zero-order chi connectivity index (χ0) is 14.3. The van der Waals surface area contributed by atoms with Gasteiger partial charge in [0.25, 0.3) is 0 Å². The van der Waals surface area contributed by atoms with Gasteiger partial charge in [-0.1, -0.05) is 34.6 Å². The van der Waals surface area contributed by atoms with E-state index in [1.54, 1.807) is 0 Å². The Morgan fingerprint density at radius 2 is 2.00 bits per heavy atom.